The molecule has 0 bridgehead atoms. The molecule has 0 unspecified atom stereocenters. The molecule has 3 aromatic rings. The van der Waals surface area contributed by atoms with Gasteiger partial charge in [-0.25, -0.2) is 0 Å². The third-order valence-corrected chi connectivity index (χ3v) is 9.83. The molecule has 2 saturated heterocycles. The fourth-order valence-electron chi connectivity index (χ4n) is 6.90. The van der Waals surface area contributed by atoms with Crippen molar-refractivity contribution in [1.29, 1.82) is 5.26 Å². The summed E-state index contributed by atoms with van der Waals surface area (Å²) in [6, 6.07) is 11.7. The number of anilines is 2. The van der Waals surface area contributed by atoms with Crippen molar-refractivity contribution in [2.24, 2.45) is 5.73 Å². The molecule has 6 rings (SSSR count). The smallest absolute Gasteiger partial charge is 0.404 e. The molecule has 3 atom stereocenters. The number of piperazine rings is 1. The van der Waals surface area contributed by atoms with Crippen molar-refractivity contribution in [3.05, 3.63) is 52.7 Å². The fraction of sp³-hybridized carbons (Fsp3) is 0.515. The van der Waals surface area contributed by atoms with E-state index in [-0.39, 0.29) is 31.6 Å². The molecular formula is C33H38ClF3N8O2. The van der Waals surface area contributed by atoms with Crippen molar-refractivity contribution >= 4 is 39.8 Å². The Kier molecular flexibility index (Phi) is 9.64. The van der Waals surface area contributed by atoms with Crippen LogP contribution in [0.25, 0.3) is 10.8 Å². The topological polar surface area (TPSA) is 115 Å². The highest BCUT2D eigenvalue weighted by Gasteiger charge is 2.41. The van der Waals surface area contributed by atoms with Crippen LogP contribution in [0.2, 0.25) is 5.02 Å². The predicted molar refractivity (Wildman–Crippen MR) is 173 cm³/mol. The Morgan fingerprint density at radius 1 is 1.13 bits per heavy atom. The Balaban J connectivity index is 1.30. The van der Waals surface area contributed by atoms with Gasteiger partial charge in [-0.3, -0.25) is 4.79 Å². The Bertz CT molecular complexity index is 1660. The number of fused-ring (bicyclic) bond motifs is 2. The molecule has 2 aromatic carbocycles. The number of hydrogen-bond acceptors (Lipinski definition) is 9. The number of aromatic nitrogens is 2. The maximum atomic E-state index is 13.1. The molecule has 1 aromatic heterocycles. The van der Waals surface area contributed by atoms with Crippen LogP contribution in [0.4, 0.5) is 24.7 Å². The summed E-state index contributed by atoms with van der Waals surface area (Å²) in [6.45, 7) is 3.31. The second-order valence-corrected chi connectivity index (χ2v) is 12.9. The molecule has 2 N–H and O–H groups in total. The van der Waals surface area contributed by atoms with Crippen LogP contribution in [0.3, 0.4) is 0 Å². The van der Waals surface area contributed by atoms with Gasteiger partial charge >= 0.3 is 12.2 Å². The van der Waals surface area contributed by atoms with Gasteiger partial charge in [0.25, 0.3) is 0 Å². The minimum atomic E-state index is -4.68. The molecule has 0 spiro atoms. The lowest BCUT2D eigenvalue weighted by Gasteiger charge is -2.43. The van der Waals surface area contributed by atoms with Gasteiger partial charge in [0, 0.05) is 48.9 Å². The number of alkyl halides is 3. The maximum Gasteiger partial charge on any atom is 0.404 e. The Hall–Kier alpha value is -3.86. The minimum Gasteiger partial charge on any atom is -0.462 e. The van der Waals surface area contributed by atoms with E-state index >= 15 is 0 Å². The SMILES string of the molecule is CN1CCC[C@H]1COc1nc2c(c(N3CCN(C(=O)C[C@H](N)C(F)(F)F)[C@@H](CC#N)C3)n1)CCN(c1cccc3cccc(Cl)c13)C2. The van der Waals surface area contributed by atoms with Gasteiger partial charge in [-0.05, 0) is 50.4 Å². The largest absolute Gasteiger partial charge is 0.462 e. The van der Waals surface area contributed by atoms with E-state index in [0.717, 1.165) is 47.1 Å². The molecule has 1 amide bonds. The number of hydrogen-bond donors (Lipinski definition) is 1. The normalized spacial score (nSPS) is 21.1. The zero-order valence-corrected chi connectivity index (χ0v) is 27.0. The second kappa shape index (κ2) is 13.7. The second-order valence-electron chi connectivity index (χ2n) is 12.5. The number of rotatable bonds is 8. The third-order valence-electron chi connectivity index (χ3n) is 9.52. The maximum absolute atomic E-state index is 13.1. The van der Waals surface area contributed by atoms with Crippen molar-refractivity contribution in [3.63, 3.8) is 0 Å². The lowest BCUT2D eigenvalue weighted by Crippen LogP contribution is -2.57. The molecule has 3 aliphatic rings. The predicted octanol–water partition coefficient (Wildman–Crippen LogP) is 4.53. The lowest BCUT2D eigenvalue weighted by atomic mass is 10.0. The van der Waals surface area contributed by atoms with E-state index in [0.29, 0.717) is 43.5 Å². The molecule has 47 heavy (non-hydrogen) atoms. The summed E-state index contributed by atoms with van der Waals surface area (Å²) in [5, 5.41) is 12.3. The van der Waals surface area contributed by atoms with Gasteiger partial charge in [0.1, 0.15) is 18.5 Å². The molecule has 250 valence electrons. The van der Waals surface area contributed by atoms with Crippen molar-refractivity contribution in [2.45, 2.75) is 63.0 Å². The van der Waals surface area contributed by atoms with Gasteiger partial charge in [-0.1, -0.05) is 35.9 Å². The van der Waals surface area contributed by atoms with Crippen LogP contribution < -0.4 is 20.3 Å². The van der Waals surface area contributed by atoms with Gasteiger partial charge < -0.3 is 30.1 Å². The van der Waals surface area contributed by atoms with Gasteiger partial charge in [0.05, 0.1) is 42.2 Å². The number of amides is 1. The highest BCUT2D eigenvalue weighted by Crippen LogP contribution is 2.37. The van der Waals surface area contributed by atoms with Crippen molar-refractivity contribution in [2.75, 3.05) is 56.2 Å². The number of likely N-dealkylation sites (N-methyl/N-ethyl adjacent to an activating group) is 1. The number of likely N-dealkylation sites (tertiary alicyclic amines) is 1. The van der Waals surface area contributed by atoms with Crippen LogP contribution in [0.1, 0.15) is 36.9 Å². The fourth-order valence-corrected chi connectivity index (χ4v) is 7.18. The van der Waals surface area contributed by atoms with E-state index in [1.165, 1.54) is 4.90 Å². The van der Waals surface area contributed by atoms with E-state index in [4.69, 9.17) is 32.0 Å². The summed E-state index contributed by atoms with van der Waals surface area (Å²) >= 11 is 6.68. The van der Waals surface area contributed by atoms with Crippen LogP contribution >= 0.6 is 11.6 Å². The van der Waals surface area contributed by atoms with E-state index in [1.54, 1.807) is 0 Å². The summed E-state index contributed by atoms with van der Waals surface area (Å²) in [5.41, 5.74) is 8.04. The monoisotopic (exact) mass is 670 g/mol. The molecular weight excluding hydrogens is 633 g/mol. The zero-order chi connectivity index (χ0) is 33.3. The number of ether oxygens (including phenoxy) is 1. The van der Waals surface area contributed by atoms with Gasteiger partial charge in [0.15, 0.2) is 0 Å². The average Bonchev–Trinajstić information content (AvgIpc) is 3.46. The number of nitrogens with two attached hydrogens (primary N) is 1. The van der Waals surface area contributed by atoms with Crippen LogP contribution in [0, 0.1) is 11.3 Å². The standard InChI is InChI=1S/C33H38ClF3N8O2/c1-42-13-4-7-23(42)20-47-32-40-26-19-43(27-9-3-6-21-5-2-8-25(34)30(21)27)14-11-24(26)31(41-32)44-15-16-45(22(18-44)10-12-38)29(46)17-28(39)33(35,36)37/h2-3,5-6,8-9,22-23,28H,4,7,10-11,13-20,39H2,1H3/t22-,23-,28-/m0/s1. The van der Waals surface area contributed by atoms with Gasteiger partial charge in [0.2, 0.25) is 5.91 Å². The summed E-state index contributed by atoms with van der Waals surface area (Å²) in [7, 11) is 2.07. The molecule has 0 saturated carbocycles. The van der Waals surface area contributed by atoms with Gasteiger partial charge in [-0.15, -0.1) is 0 Å². The first-order chi connectivity index (χ1) is 22.5. The number of carbonyl (C=O) groups excluding carboxylic acids is 1. The summed E-state index contributed by atoms with van der Waals surface area (Å²) in [4.78, 5) is 30.6. The number of carbonyl (C=O) groups is 1. The number of benzene rings is 2. The molecule has 10 nitrogen and oxygen atoms in total. The molecule has 14 heteroatoms. The van der Waals surface area contributed by atoms with Crippen molar-refractivity contribution < 1.29 is 22.7 Å². The summed E-state index contributed by atoms with van der Waals surface area (Å²) in [5.74, 6) is -0.0454. The summed E-state index contributed by atoms with van der Waals surface area (Å²) in [6.07, 6.45) is -2.84. The molecule has 3 aliphatic heterocycles. The van der Waals surface area contributed by atoms with Crippen molar-refractivity contribution in [3.8, 4) is 12.1 Å². The van der Waals surface area contributed by atoms with E-state index < -0.39 is 30.6 Å². The molecule has 0 aliphatic carbocycles. The Labute approximate surface area is 276 Å². The van der Waals surface area contributed by atoms with E-state index in [9.17, 15) is 23.2 Å². The van der Waals surface area contributed by atoms with E-state index in [2.05, 4.69) is 29.0 Å². The number of halogens is 4. The molecule has 0 radical (unpaired) electrons. The molecule has 4 heterocycles. The molecule has 2 fully saturated rings. The Morgan fingerprint density at radius 3 is 2.64 bits per heavy atom. The average molecular weight is 671 g/mol. The van der Waals surface area contributed by atoms with Crippen LogP contribution in [-0.4, -0.2) is 96.4 Å². The number of nitrogens with zero attached hydrogens (tertiary/aromatic N) is 7. The van der Waals surface area contributed by atoms with Gasteiger partial charge in [-0.2, -0.15) is 28.4 Å². The van der Waals surface area contributed by atoms with Crippen LogP contribution in [0.5, 0.6) is 6.01 Å². The first-order valence-electron chi connectivity index (χ1n) is 15.9. The third kappa shape index (κ3) is 7.05. The number of nitriles is 1. The highest BCUT2D eigenvalue weighted by atomic mass is 35.5. The Morgan fingerprint density at radius 2 is 1.91 bits per heavy atom. The highest BCUT2D eigenvalue weighted by molar-refractivity contribution is 6.36. The first-order valence-corrected chi connectivity index (χ1v) is 16.3. The zero-order valence-electron chi connectivity index (χ0n) is 26.2. The lowest BCUT2D eigenvalue weighted by molar-refractivity contribution is -0.159. The van der Waals surface area contributed by atoms with E-state index in [1.807, 2.05) is 35.2 Å². The van der Waals surface area contributed by atoms with Crippen molar-refractivity contribution in [1.82, 2.24) is 19.8 Å². The minimum absolute atomic E-state index is 0.0379. The summed E-state index contributed by atoms with van der Waals surface area (Å²) < 4.78 is 45.6. The first kappa shape index (κ1) is 33.1. The van der Waals surface area contributed by atoms with Crippen LogP contribution in [0.15, 0.2) is 36.4 Å². The quantitative estimate of drug-likeness (QED) is 0.369. The van der Waals surface area contributed by atoms with Crippen LogP contribution in [-0.2, 0) is 17.8 Å².